The summed E-state index contributed by atoms with van der Waals surface area (Å²) >= 11 is 1.71. The minimum absolute atomic E-state index is 0.549. The van der Waals surface area contributed by atoms with E-state index in [0.717, 1.165) is 22.0 Å². The number of benzene rings is 2. The smallest absolute Gasteiger partial charge is 0.162 e. The highest BCUT2D eigenvalue weighted by Crippen LogP contribution is 2.38. The second kappa shape index (κ2) is 5.77. The van der Waals surface area contributed by atoms with Gasteiger partial charge in [-0.2, -0.15) is 0 Å². The molecule has 0 fully saturated rings. The van der Waals surface area contributed by atoms with Gasteiger partial charge in [-0.3, -0.25) is 0 Å². The minimum atomic E-state index is 0.549. The van der Waals surface area contributed by atoms with Gasteiger partial charge in [-0.25, -0.2) is 0 Å². The highest BCUT2D eigenvalue weighted by Gasteiger charge is 2.13. The Bertz CT molecular complexity index is 628. The molecular weight excluding hydrogens is 270 g/mol. The van der Waals surface area contributed by atoms with Crippen LogP contribution in [-0.2, 0) is 6.54 Å². The van der Waals surface area contributed by atoms with Crippen molar-refractivity contribution in [1.82, 2.24) is 0 Å². The zero-order valence-corrected chi connectivity index (χ0v) is 12.2. The summed E-state index contributed by atoms with van der Waals surface area (Å²) in [5.41, 5.74) is 8.21. The van der Waals surface area contributed by atoms with Crippen molar-refractivity contribution in [2.24, 2.45) is 5.73 Å². The molecule has 3 rings (SSSR count). The maximum absolute atomic E-state index is 5.81. The number of rotatable bonds is 3. The van der Waals surface area contributed by atoms with Crippen LogP contribution in [0.2, 0.25) is 0 Å². The van der Waals surface area contributed by atoms with E-state index in [4.69, 9.17) is 15.2 Å². The summed E-state index contributed by atoms with van der Waals surface area (Å²) in [6, 6.07) is 12.4. The topological polar surface area (TPSA) is 44.5 Å². The van der Waals surface area contributed by atoms with E-state index < -0.39 is 0 Å². The number of ether oxygens (including phenoxy) is 2. The maximum atomic E-state index is 5.81. The average molecular weight is 287 g/mol. The van der Waals surface area contributed by atoms with Gasteiger partial charge >= 0.3 is 0 Å². The van der Waals surface area contributed by atoms with Crippen LogP contribution in [0.15, 0.2) is 46.2 Å². The lowest BCUT2D eigenvalue weighted by molar-refractivity contribution is 0.171. The van der Waals surface area contributed by atoms with Gasteiger partial charge in [0.05, 0.1) is 0 Å². The van der Waals surface area contributed by atoms with Crippen molar-refractivity contribution in [2.75, 3.05) is 13.2 Å². The molecule has 0 aliphatic carbocycles. The SMILES string of the molecule is Cc1ccc(CN)c(Sc2ccc3c(c2)OCCO3)c1. The van der Waals surface area contributed by atoms with Gasteiger partial charge in [0, 0.05) is 16.3 Å². The summed E-state index contributed by atoms with van der Waals surface area (Å²) in [5.74, 6) is 1.65. The maximum Gasteiger partial charge on any atom is 0.162 e. The molecule has 2 aromatic rings. The molecule has 2 aromatic carbocycles. The van der Waals surface area contributed by atoms with Crippen molar-refractivity contribution >= 4 is 11.8 Å². The molecule has 1 heterocycles. The molecule has 4 heteroatoms. The molecule has 0 spiro atoms. The van der Waals surface area contributed by atoms with Gasteiger partial charge in [0.25, 0.3) is 0 Å². The first kappa shape index (κ1) is 13.3. The van der Waals surface area contributed by atoms with Crippen LogP contribution < -0.4 is 15.2 Å². The van der Waals surface area contributed by atoms with E-state index in [-0.39, 0.29) is 0 Å². The molecular formula is C16H17NO2S. The third-order valence-corrected chi connectivity index (χ3v) is 4.27. The van der Waals surface area contributed by atoms with Crippen LogP contribution >= 0.6 is 11.8 Å². The quantitative estimate of drug-likeness (QED) is 0.940. The first-order valence-electron chi connectivity index (χ1n) is 6.63. The van der Waals surface area contributed by atoms with Crippen LogP contribution in [0.5, 0.6) is 11.5 Å². The fraction of sp³-hybridized carbons (Fsp3) is 0.250. The van der Waals surface area contributed by atoms with Gasteiger partial charge in [-0.05, 0) is 42.3 Å². The lowest BCUT2D eigenvalue weighted by Gasteiger charge is -2.19. The number of hydrogen-bond donors (Lipinski definition) is 1. The molecule has 104 valence electrons. The summed E-state index contributed by atoms with van der Waals surface area (Å²) in [7, 11) is 0. The third-order valence-electron chi connectivity index (χ3n) is 3.18. The third kappa shape index (κ3) is 2.76. The molecule has 0 unspecified atom stereocenters. The molecule has 0 atom stereocenters. The zero-order chi connectivity index (χ0) is 13.9. The molecule has 1 aliphatic rings. The Balaban J connectivity index is 1.89. The molecule has 0 saturated carbocycles. The van der Waals surface area contributed by atoms with Gasteiger partial charge in [-0.15, -0.1) is 0 Å². The van der Waals surface area contributed by atoms with Crippen LogP contribution in [0.3, 0.4) is 0 Å². The van der Waals surface area contributed by atoms with Gasteiger partial charge in [0.2, 0.25) is 0 Å². The Labute approximate surface area is 123 Å². The monoisotopic (exact) mass is 287 g/mol. The second-order valence-electron chi connectivity index (χ2n) is 4.72. The molecule has 0 bridgehead atoms. The first-order chi connectivity index (χ1) is 9.76. The first-order valence-corrected chi connectivity index (χ1v) is 7.45. The normalized spacial score (nSPS) is 13.3. The molecule has 0 radical (unpaired) electrons. The van der Waals surface area contributed by atoms with Crippen molar-refractivity contribution in [2.45, 2.75) is 23.3 Å². The van der Waals surface area contributed by atoms with E-state index in [1.807, 2.05) is 12.1 Å². The van der Waals surface area contributed by atoms with E-state index in [9.17, 15) is 0 Å². The van der Waals surface area contributed by atoms with Crippen LogP contribution in [0, 0.1) is 6.92 Å². The predicted octanol–water partition coefficient (Wildman–Crippen LogP) is 3.38. The predicted molar refractivity (Wildman–Crippen MR) is 80.6 cm³/mol. The van der Waals surface area contributed by atoms with Gasteiger partial charge in [-0.1, -0.05) is 23.9 Å². The van der Waals surface area contributed by atoms with Crippen LogP contribution in [0.25, 0.3) is 0 Å². The Morgan fingerprint density at radius 1 is 1.05 bits per heavy atom. The van der Waals surface area contributed by atoms with Gasteiger partial charge in [0.1, 0.15) is 13.2 Å². The number of nitrogens with two attached hydrogens (primary N) is 1. The van der Waals surface area contributed by atoms with E-state index in [1.165, 1.54) is 10.5 Å². The molecule has 1 aliphatic heterocycles. The van der Waals surface area contributed by atoms with E-state index in [1.54, 1.807) is 11.8 Å². The molecule has 0 aromatic heterocycles. The summed E-state index contributed by atoms with van der Waals surface area (Å²) in [4.78, 5) is 2.33. The number of aryl methyl sites for hydroxylation is 1. The number of hydrogen-bond acceptors (Lipinski definition) is 4. The van der Waals surface area contributed by atoms with Crippen LogP contribution in [-0.4, -0.2) is 13.2 Å². The van der Waals surface area contributed by atoms with Gasteiger partial charge in [0.15, 0.2) is 11.5 Å². The highest BCUT2D eigenvalue weighted by molar-refractivity contribution is 7.99. The Morgan fingerprint density at radius 3 is 2.65 bits per heavy atom. The zero-order valence-electron chi connectivity index (χ0n) is 11.4. The van der Waals surface area contributed by atoms with Crippen molar-refractivity contribution < 1.29 is 9.47 Å². The fourth-order valence-corrected chi connectivity index (χ4v) is 3.22. The molecule has 2 N–H and O–H groups in total. The molecule has 3 nitrogen and oxygen atoms in total. The second-order valence-corrected chi connectivity index (χ2v) is 5.84. The van der Waals surface area contributed by atoms with Crippen molar-refractivity contribution in [3.8, 4) is 11.5 Å². The lowest BCUT2D eigenvalue weighted by atomic mass is 10.1. The fourth-order valence-electron chi connectivity index (χ4n) is 2.14. The summed E-state index contributed by atoms with van der Waals surface area (Å²) < 4.78 is 11.2. The van der Waals surface area contributed by atoms with E-state index >= 15 is 0 Å². The summed E-state index contributed by atoms with van der Waals surface area (Å²) in [6.45, 7) is 3.87. The molecule has 20 heavy (non-hydrogen) atoms. The number of fused-ring (bicyclic) bond motifs is 1. The standard InChI is InChI=1S/C16H17NO2S/c1-11-2-3-12(10-17)16(8-11)20-13-4-5-14-15(9-13)19-7-6-18-14/h2-5,8-9H,6-7,10,17H2,1H3. The van der Waals surface area contributed by atoms with Crippen molar-refractivity contribution in [3.05, 3.63) is 47.5 Å². The van der Waals surface area contributed by atoms with Crippen LogP contribution in [0.1, 0.15) is 11.1 Å². The lowest BCUT2D eigenvalue weighted by Crippen LogP contribution is -2.15. The van der Waals surface area contributed by atoms with Crippen LogP contribution in [0.4, 0.5) is 0 Å². The van der Waals surface area contributed by atoms with Gasteiger partial charge < -0.3 is 15.2 Å². The van der Waals surface area contributed by atoms with E-state index in [2.05, 4.69) is 31.2 Å². The Kier molecular flexibility index (Phi) is 3.85. The Morgan fingerprint density at radius 2 is 1.85 bits per heavy atom. The molecule has 0 saturated heterocycles. The van der Waals surface area contributed by atoms with Crippen molar-refractivity contribution in [3.63, 3.8) is 0 Å². The average Bonchev–Trinajstić information content (AvgIpc) is 2.47. The summed E-state index contributed by atoms with van der Waals surface area (Å²) in [6.07, 6.45) is 0. The summed E-state index contributed by atoms with van der Waals surface area (Å²) in [5, 5.41) is 0. The highest BCUT2D eigenvalue weighted by atomic mass is 32.2. The minimum Gasteiger partial charge on any atom is -0.486 e. The van der Waals surface area contributed by atoms with E-state index in [0.29, 0.717) is 19.8 Å². The largest absolute Gasteiger partial charge is 0.486 e. The van der Waals surface area contributed by atoms with Crippen molar-refractivity contribution in [1.29, 1.82) is 0 Å². The molecule has 0 amide bonds. The Hall–Kier alpha value is -1.65.